The second-order valence-electron chi connectivity index (χ2n) is 4.30. The molecule has 0 fully saturated rings. The average molecular weight is 290 g/mol. The Bertz CT molecular complexity index is 627. The van der Waals surface area contributed by atoms with Crippen molar-refractivity contribution in [3.8, 4) is 5.75 Å². The Morgan fingerprint density at radius 3 is 3.00 bits per heavy atom. The first-order chi connectivity index (χ1) is 10.1. The Morgan fingerprint density at radius 1 is 1.62 bits per heavy atom. The van der Waals surface area contributed by atoms with Crippen LogP contribution in [0.15, 0.2) is 35.1 Å². The van der Waals surface area contributed by atoms with Gasteiger partial charge in [0.05, 0.1) is 29.3 Å². The summed E-state index contributed by atoms with van der Waals surface area (Å²) in [6.07, 6.45) is 1.18. The van der Waals surface area contributed by atoms with Crippen molar-refractivity contribution < 1.29 is 14.5 Å². The van der Waals surface area contributed by atoms with Crippen molar-refractivity contribution >= 4 is 24.0 Å². The maximum Gasteiger partial charge on any atom is 0.271 e. The van der Waals surface area contributed by atoms with Crippen LogP contribution in [0.3, 0.4) is 0 Å². The van der Waals surface area contributed by atoms with Crippen LogP contribution in [0.1, 0.15) is 6.42 Å². The van der Waals surface area contributed by atoms with E-state index in [4.69, 9.17) is 10.5 Å². The summed E-state index contributed by atoms with van der Waals surface area (Å²) in [7, 11) is 0. The van der Waals surface area contributed by atoms with E-state index in [1.807, 2.05) is 0 Å². The summed E-state index contributed by atoms with van der Waals surface area (Å²) < 4.78 is 5.40. The second-order valence-corrected chi connectivity index (χ2v) is 4.30. The molecule has 0 atom stereocenters. The molecule has 0 unspecified atom stereocenters. The van der Waals surface area contributed by atoms with E-state index in [-0.39, 0.29) is 18.0 Å². The Labute approximate surface area is 120 Å². The van der Waals surface area contributed by atoms with Crippen molar-refractivity contribution in [2.24, 2.45) is 10.7 Å². The Morgan fingerprint density at radius 2 is 2.38 bits per heavy atom. The van der Waals surface area contributed by atoms with Gasteiger partial charge in [-0.25, -0.2) is 0 Å². The molecule has 2 rings (SSSR count). The van der Waals surface area contributed by atoms with E-state index in [1.54, 1.807) is 0 Å². The smallest absolute Gasteiger partial charge is 0.271 e. The van der Waals surface area contributed by atoms with E-state index < -0.39 is 4.92 Å². The molecule has 1 amide bonds. The number of nitrogens with two attached hydrogens (primary N) is 1. The number of fused-ring (bicyclic) bond motifs is 1. The highest BCUT2D eigenvalue weighted by atomic mass is 16.6. The number of amides is 1. The third kappa shape index (κ3) is 2.99. The van der Waals surface area contributed by atoms with E-state index in [0.717, 1.165) is 0 Å². The number of nitro benzene ring substituents is 1. The predicted octanol–water partition coefficient (Wildman–Crippen LogP) is 1.21. The Balaban J connectivity index is 2.32. The Hall–Kier alpha value is -2.90. The van der Waals surface area contributed by atoms with Crippen LogP contribution in [0.5, 0.6) is 5.75 Å². The maximum atomic E-state index is 12.3. The van der Waals surface area contributed by atoms with Crippen molar-refractivity contribution in [2.45, 2.75) is 6.42 Å². The molecule has 110 valence electrons. The summed E-state index contributed by atoms with van der Waals surface area (Å²) in [5.41, 5.74) is 5.96. The van der Waals surface area contributed by atoms with Crippen molar-refractivity contribution in [1.82, 2.24) is 0 Å². The van der Waals surface area contributed by atoms with Crippen molar-refractivity contribution in [3.05, 3.63) is 40.2 Å². The van der Waals surface area contributed by atoms with Crippen LogP contribution < -0.4 is 15.4 Å². The van der Waals surface area contributed by atoms with Gasteiger partial charge >= 0.3 is 0 Å². The van der Waals surface area contributed by atoms with Crippen LogP contribution in [-0.2, 0) is 4.79 Å². The average Bonchev–Trinajstić information content (AvgIpc) is 2.51. The van der Waals surface area contributed by atoms with Crippen LogP contribution in [0, 0.1) is 10.1 Å². The number of benzene rings is 1. The Kier molecular flexibility index (Phi) is 4.17. The van der Waals surface area contributed by atoms with Crippen molar-refractivity contribution in [1.29, 1.82) is 0 Å². The monoisotopic (exact) mass is 290 g/mol. The highest BCUT2D eigenvalue weighted by molar-refractivity contribution is 5.97. The molecule has 0 saturated heterocycles. The van der Waals surface area contributed by atoms with E-state index in [9.17, 15) is 14.9 Å². The molecule has 1 aromatic carbocycles. The molecule has 1 aromatic rings. The molecule has 0 saturated carbocycles. The molecular weight excluding hydrogens is 276 g/mol. The number of nitro groups is 1. The fourth-order valence-electron chi connectivity index (χ4n) is 2.00. The topological polar surface area (TPSA) is 111 Å². The number of ether oxygens (including phenoxy) is 1. The fourth-order valence-corrected chi connectivity index (χ4v) is 2.00. The van der Waals surface area contributed by atoms with Crippen LogP contribution in [-0.4, -0.2) is 30.7 Å². The van der Waals surface area contributed by atoms with Gasteiger partial charge in [0, 0.05) is 18.3 Å². The normalized spacial score (nSPS) is 14.1. The number of non-ortho nitro benzene ring substituents is 1. The van der Waals surface area contributed by atoms with Crippen LogP contribution in [0.2, 0.25) is 0 Å². The summed E-state index contributed by atoms with van der Waals surface area (Å²) in [6.45, 7) is 3.96. The molecule has 21 heavy (non-hydrogen) atoms. The first-order valence-corrected chi connectivity index (χ1v) is 6.16. The first kappa shape index (κ1) is 14.5. The van der Waals surface area contributed by atoms with E-state index in [1.165, 1.54) is 29.3 Å². The van der Waals surface area contributed by atoms with Gasteiger partial charge in [-0.1, -0.05) is 0 Å². The summed E-state index contributed by atoms with van der Waals surface area (Å²) in [4.78, 5) is 27.7. The largest absolute Gasteiger partial charge is 0.490 e. The SMILES string of the molecule is C=N/C(=C\N)CC(=O)N1CCOc2ccc([N+](=O)[O-])cc21. The molecule has 2 N–H and O–H groups in total. The molecule has 0 aromatic heterocycles. The lowest BCUT2D eigenvalue weighted by molar-refractivity contribution is -0.384. The predicted molar refractivity (Wildman–Crippen MR) is 77.4 cm³/mol. The zero-order valence-electron chi connectivity index (χ0n) is 11.2. The summed E-state index contributed by atoms with van der Waals surface area (Å²) in [6, 6.07) is 4.14. The summed E-state index contributed by atoms with van der Waals surface area (Å²) in [5, 5.41) is 10.8. The fraction of sp³-hybridized carbons (Fsp3) is 0.231. The zero-order chi connectivity index (χ0) is 15.4. The number of hydrogen-bond donors (Lipinski definition) is 1. The van der Waals surface area contributed by atoms with Gasteiger partial charge in [0.25, 0.3) is 5.69 Å². The minimum absolute atomic E-state index is 0.0257. The van der Waals surface area contributed by atoms with Crippen LogP contribution in [0.4, 0.5) is 11.4 Å². The molecule has 1 heterocycles. The number of nitrogens with zero attached hydrogens (tertiary/aromatic N) is 3. The highest BCUT2D eigenvalue weighted by Crippen LogP contribution is 2.35. The molecule has 0 spiro atoms. The number of carbonyl (C=O) groups is 1. The summed E-state index contributed by atoms with van der Waals surface area (Å²) in [5.74, 6) is 0.161. The van der Waals surface area contributed by atoms with Crippen LogP contribution in [0.25, 0.3) is 0 Å². The first-order valence-electron chi connectivity index (χ1n) is 6.16. The zero-order valence-corrected chi connectivity index (χ0v) is 11.2. The van der Waals surface area contributed by atoms with Gasteiger partial charge < -0.3 is 15.4 Å². The molecule has 8 heteroatoms. The molecular formula is C13H14N4O4. The van der Waals surface area contributed by atoms with Crippen molar-refractivity contribution in [3.63, 3.8) is 0 Å². The van der Waals surface area contributed by atoms with Gasteiger partial charge in [0.15, 0.2) is 0 Å². The van der Waals surface area contributed by atoms with Crippen molar-refractivity contribution in [2.75, 3.05) is 18.1 Å². The third-order valence-electron chi connectivity index (χ3n) is 3.05. The molecule has 1 aliphatic rings. The number of anilines is 1. The minimum Gasteiger partial charge on any atom is -0.490 e. The minimum atomic E-state index is -0.520. The van der Waals surface area contributed by atoms with Gasteiger partial charge in [-0.05, 0) is 12.8 Å². The van der Waals surface area contributed by atoms with E-state index >= 15 is 0 Å². The lowest BCUT2D eigenvalue weighted by Gasteiger charge is -2.29. The van der Waals surface area contributed by atoms with Crippen LogP contribution >= 0.6 is 0 Å². The quantitative estimate of drug-likeness (QED) is 0.509. The van der Waals surface area contributed by atoms with Gasteiger partial charge in [-0.15, -0.1) is 0 Å². The second kappa shape index (κ2) is 6.04. The third-order valence-corrected chi connectivity index (χ3v) is 3.05. The molecule has 0 bridgehead atoms. The number of carbonyl (C=O) groups excluding carboxylic acids is 1. The number of rotatable bonds is 4. The lowest BCUT2D eigenvalue weighted by atomic mass is 10.2. The standard InChI is InChI=1S/C13H14N4O4/c1-15-9(8-14)6-13(18)16-4-5-21-12-3-2-10(17(19)20)7-11(12)16/h2-3,7-8H,1,4-6,14H2/b9-8-. The molecule has 1 aliphatic heterocycles. The van der Waals surface area contributed by atoms with E-state index in [0.29, 0.717) is 30.3 Å². The molecule has 8 nitrogen and oxygen atoms in total. The lowest BCUT2D eigenvalue weighted by Crippen LogP contribution is -2.38. The summed E-state index contributed by atoms with van der Waals surface area (Å²) >= 11 is 0. The molecule has 0 aliphatic carbocycles. The van der Waals surface area contributed by atoms with Gasteiger partial charge in [-0.3, -0.25) is 19.9 Å². The van der Waals surface area contributed by atoms with E-state index in [2.05, 4.69) is 11.7 Å². The highest BCUT2D eigenvalue weighted by Gasteiger charge is 2.26. The van der Waals surface area contributed by atoms with Gasteiger partial charge in [-0.2, -0.15) is 0 Å². The number of hydrogen-bond acceptors (Lipinski definition) is 6. The van der Waals surface area contributed by atoms with Gasteiger partial charge in [0.2, 0.25) is 5.91 Å². The molecule has 0 radical (unpaired) electrons. The number of aliphatic imine (C=N–C) groups is 1. The maximum absolute atomic E-state index is 12.3. The van der Waals surface area contributed by atoms with Gasteiger partial charge in [0.1, 0.15) is 12.4 Å².